The second kappa shape index (κ2) is 5.78. The average Bonchev–Trinajstić information content (AvgIpc) is 2.26. The summed E-state index contributed by atoms with van der Waals surface area (Å²) in [6.45, 7) is 0. The van der Waals surface area contributed by atoms with Crippen LogP contribution in [-0.2, 0) is 11.2 Å². The quantitative estimate of drug-likeness (QED) is 0.916. The Labute approximate surface area is 124 Å². The molecule has 0 radical (unpaired) electrons. The molecule has 0 saturated heterocycles. The molecule has 0 atom stereocenters. The van der Waals surface area contributed by atoms with Gasteiger partial charge in [-0.05, 0) is 29.8 Å². The molecular weight excluding hydrogens is 309 g/mol. The van der Waals surface area contributed by atoms with Gasteiger partial charge in [0.1, 0.15) is 0 Å². The summed E-state index contributed by atoms with van der Waals surface area (Å²) in [6, 6.07) is 6.41. The Balaban J connectivity index is 2.50. The number of rotatable bonds is 3. The second-order valence-electron chi connectivity index (χ2n) is 3.86. The summed E-state index contributed by atoms with van der Waals surface area (Å²) in [4.78, 5) is 14.9. The van der Waals surface area contributed by atoms with Crippen molar-refractivity contribution in [3.8, 4) is 11.3 Å². The Morgan fingerprint density at radius 3 is 2.37 bits per heavy atom. The van der Waals surface area contributed by atoms with E-state index in [9.17, 15) is 4.79 Å². The molecule has 98 valence electrons. The Bertz CT molecular complexity index is 621. The van der Waals surface area contributed by atoms with Crippen LogP contribution in [0.3, 0.4) is 0 Å². The van der Waals surface area contributed by atoms with Crippen LogP contribution in [0, 0.1) is 0 Å². The van der Waals surface area contributed by atoms with Gasteiger partial charge in [-0.15, -0.1) is 0 Å². The van der Waals surface area contributed by atoms with E-state index < -0.39 is 5.97 Å². The van der Waals surface area contributed by atoms with Crippen LogP contribution in [0.5, 0.6) is 0 Å². The van der Waals surface area contributed by atoms with Gasteiger partial charge >= 0.3 is 5.97 Å². The maximum Gasteiger partial charge on any atom is 0.307 e. The van der Waals surface area contributed by atoms with Gasteiger partial charge in [0.05, 0.1) is 22.2 Å². The molecule has 0 aliphatic rings. The van der Waals surface area contributed by atoms with Gasteiger partial charge in [-0.3, -0.25) is 9.78 Å². The number of hydrogen-bond acceptors (Lipinski definition) is 2. The van der Waals surface area contributed by atoms with Gasteiger partial charge in [0.2, 0.25) is 0 Å². The largest absolute Gasteiger partial charge is 0.481 e. The third-order valence-electron chi connectivity index (χ3n) is 2.44. The summed E-state index contributed by atoms with van der Waals surface area (Å²) in [6.07, 6.45) is 1.44. The molecule has 6 heteroatoms. The van der Waals surface area contributed by atoms with Crippen LogP contribution in [0.15, 0.2) is 30.5 Å². The van der Waals surface area contributed by atoms with E-state index in [4.69, 9.17) is 39.9 Å². The van der Waals surface area contributed by atoms with Gasteiger partial charge < -0.3 is 5.11 Å². The number of benzene rings is 1. The Hall–Kier alpha value is -1.29. The molecular formula is C13H8Cl3NO2. The van der Waals surface area contributed by atoms with Crippen molar-refractivity contribution in [2.45, 2.75) is 6.42 Å². The van der Waals surface area contributed by atoms with E-state index in [1.165, 1.54) is 6.20 Å². The van der Waals surface area contributed by atoms with E-state index in [-0.39, 0.29) is 6.42 Å². The lowest BCUT2D eigenvalue weighted by Gasteiger charge is -2.08. The maximum absolute atomic E-state index is 10.7. The molecule has 0 saturated carbocycles. The predicted octanol–water partition coefficient (Wildman–Crippen LogP) is 4.34. The van der Waals surface area contributed by atoms with Crippen LogP contribution < -0.4 is 0 Å². The fourth-order valence-electron chi connectivity index (χ4n) is 1.68. The molecule has 3 nitrogen and oxygen atoms in total. The van der Waals surface area contributed by atoms with Gasteiger partial charge in [0, 0.05) is 16.8 Å². The highest BCUT2D eigenvalue weighted by Crippen LogP contribution is 2.36. The number of aliphatic carboxylic acids is 1. The first-order valence-electron chi connectivity index (χ1n) is 5.29. The monoisotopic (exact) mass is 315 g/mol. The summed E-state index contributed by atoms with van der Waals surface area (Å²) in [7, 11) is 0. The Kier molecular flexibility index (Phi) is 4.30. The molecule has 19 heavy (non-hydrogen) atoms. The summed E-state index contributed by atoms with van der Waals surface area (Å²) >= 11 is 18.0. The molecule has 0 aliphatic heterocycles. The van der Waals surface area contributed by atoms with Crippen molar-refractivity contribution in [3.05, 3.63) is 51.1 Å². The first kappa shape index (κ1) is 14.1. The lowest BCUT2D eigenvalue weighted by molar-refractivity contribution is -0.136. The van der Waals surface area contributed by atoms with Crippen molar-refractivity contribution in [3.63, 3.8) is 0 Å². The molecule has 0 aliphatic carbocycles. The number of hydrogen-bond donors (Lipinski definition) is 1. The van der Waals surface area contributed by atoms with E-state index in [1.807, 2.05) is 0 Å². The molecule has 0 fully saturated rings. The fraction of sp³-hybridized carbons (Fsp3) is 0.0769. The molecule has 1 N–H and O–H groups in total. The highest BCUT2D eigenvalue weighted by Gasteiger charge is 2.12. The Morgan fingerprint density at radius 2 is 1.79 bits per heavy atom. The topological polar surface area (TPSA) is 50.2 Å². The van der Waals surface area contributed by atoms with Crippen LogP contribution in [0.1, 0.15) is 5.56 Å². The molecule has 1 aromatic carbocycles. The first-order valence-corrected chi connectivity index (χ1v) is 6.42. The molecule has 1 aromatic heterocycles. The minimum atomic E-state index is -0.912. The third kappa shape index (κ3) is 3.38. The number of nitrogens with zero attached hydrogens (tertiary/aromatic N) is 1. The molecule has 0 amide bonds. The summed E-state index contributed by atoms with van der Waals surface area (Å²) < 4.78 is 0. The number of aromatic nitrogens is 1. The van der Waals surface area contributed by atoms with Gasteiger partial charge in [0.15, 0.2) is 0 Å². The number of pyridine rings is 1. The SMILES string of the molecule is O=C(O)Cc1ccnc(-c2c(Cl)cc(Cl)cc2Cl)c1. The van der Waals surface area contributed by atoms with Crippen LogP contribution >= 0.6 is 34.8 Å². The predicted molar refractivity (Wildman–Crippen MR) is 76.0 cm³/mol. The first-order chi connectivity index (χ1) is 8.97. The van der Waals surface area contributed by atoms with Crippen molar-refractivity contribution in [1.82, 2.24) is 4.98 Å². The third-order valence-corrected chi connectivity index (χ3v) is 3.26. The molecule has 0 bridgehead atoms. The van der Waals surface area contributed by atoms with Gasteiger partial charge in [-0.1, -0.05) is 34.8 Å². The molecule has 2 aromatic rings. The zero-order valence-electron chi connectivity index (χ0n) is 9.53. The number of carboxylic acids is 1. The van der Waals surface area contributed by atoms with E-state index in [1.54, 1.807) is 24.3 Å². The number of carboxylic acid groups (broad SMARTS) is 1. The smallest absolute Gasteiger partial charge is 0.307 e. The molecule has 2 rings (SSSR count). The van der Waals surface area contributed by atoms with E-state index >= 15 is 0 Å². The lowest BCUT2D eigenvalue weighted by Crippen LogP contribution is -2.00. The van der Waals surface area contributed by atoms with Crippen LogP contribution in [-0.4, -0.2) is 16.1 Å². The summed E-state index contributed by atoms with van der Waals surface area (Å²) in [5.41, 5.74) is 1.69. The summed E-state index contributed by atoms with van der Waals surface area (Å²) in [5, 5.41) is 9.96. The van der Waals surface area contributed by atoms with Crippen molar-refractivity contribution in [2.24, 2.45) is 0 Å². The average molecular weight is 317 g/mol. The number of carbonyl (C=O) groups is 1. The van der Waals surface area contributed by atoms with Gasteiger partial charge in [-0.2, -0.15) is 0 Å². The summed E-state index contributed by atoms with van der Waals surface area (Å²) in [5.74, 6) is -0.912. The standard InChI is InChI=1S/C13H8Cl3NO2/c14-8-5-9(15)13(10(16)6-8)11-3-7(1-2-17-11)4-12(18)19/h1-3,5-6H,4H2,(H,18,19). The fourth-order valence-corrected chi connectivity index (χ4v) is 2.69. The lowest BCUT2D eigenvalue weighted by atomic mass is 10.1. The van der Waals surface area contributed by atoms with Gasteiger partial charge in [-0.25, -0.2) is 0 Å². The van der Waals surface area contributed by atoms with Crippen LogP contribution in [0.4, 0.5) is 0 Å². The second-order valence-corrected chi connectivity index (χ2v) is 5.12. The van der Waals surface area contributed by atoms with Crippen molar-refractivity contribution in [2.75, 3.05) is 0 Å². The van der Waals surface area contributed by atoms with Crippen molar-refractivity contribution < 1.29 is 9.90 Å². The minimum absolute atomic E-state index is 0.0850. The minimum Gasteiger partial charge on any atom is -0.481 e. The van der Waals surface area contributed by atoms with Gasteiger partial charge in [0.25, 0.3) is 0 Å². The zero-order chi connectivity index (χ0) is 14.0. The molecule has 0 spiro atoms. The normalized spacial score (nSPS) is 10.5. The Morgan fingerprint density at radius 1 is 1.16 bits per heavy atom. The van der Waals surface area contributed by atoms with Crippen LogP contribution in [0.2, 0.25) is 15.1 Å². The highest BCUT2D eigenvalue weighted by atomic mass is 35.5. The number of halogens is 3. The van der Waals surface area contributed by atoms with E-state index in [0.29, 0.717) is 31.9 Å². The van der Waals surface area contributed by atoms with E-state index in [2.05, 4.69) is 4.98 Å². The highest BCUT2D eigenvalue weighted by molar-refractivity contribution is 6.41. The van der Waals surface area contributed by atoms with E-state index in [0.717, 1.165) is 0 Å². The zero-order valence-corrected chi connectivity index (χ0v) is 11.8. The maximum atomic E-state index is 10.7. The van der Waals surface area contributed by atoms with Crippen molar-refractivity contribution in [1.29, 1.82) is 0 Å². The van der Waals surface area contributed by atoms with Crippen LogP contribution in [0.25, 0.3) is 11.3 Å². The molecule has 1 heterocycles. The van der Waals surface area contributed by atoms with Crippen molar-refractivity contribution >= 4 is 40.8 Å². The molecule has 0 unspecified atom stereocenters.